The smallest absolute Gasteiger partial charge is 0.323 e. The number of anilines is 1. The molecular weight excluding hydrogens is 338 g/mol. The van der Waals surface area contributed by atoms with Crippen molar-refractivity contribution in [2.45, 2.75) is 6.10 Å². The summed E-state index contributed by atoms with van der Waals surface area (Å²) in [5.41, 5.74) is 0. The standard InChI is InChI=1S/C13H12BrN5O2/c14-9-1-2-12(16-5-9)21-10-6-19(7-10)13(20)18-11-3-4-15-8-17-11/h1-5,8,10H,6-7H2,(H,15,17,18,20). The normalized spacial score (nSPS) is 14.4. The summed E-state index contributed by atoms with van der Waals surface area (Å²) in [6, 6.07) is 5.09. The maximum absolute atomic E-state index is 11.9. The number of ether oxygens (including phenoxy) is 1. The first kappa shape index (κ1) is 13.7. The molecule has 0 radical (unpaired) electrons. The van der Waals surface area contributed by atoms with Gasteiger partial charge in [-0.05, 0) is 28.1 Å². The van der Waals surface area contributed by atoms with E-state index in [1.165, 1.54) is 6.33 Å². The third-order valence-corrected chi connectivity index (χ3v) is 3.41. The monoisotopic (exact) mass is 349 g/mol. The molecule has 108 valence electrons. The van der Waals surface area contributed by atoms with E-state index in [2.05, 4.69) is 36.2 Å². The number of carbonyl (C=O) groups is 1. The third kappa shape index (κ3) is 3.46. The Bertz CT molecular complexity index is 616. The summed E-state index contributed by atoms with van der Waals surface area (Å²) in [6.45, 7) is 1.04. The molecule has 1 aliphatic rings. The average Bonchev–Trinajstić information content (AvgIpc) is 2.45. The van der Waals surface area contributed by atoms with Crippen LogP contribution >= 0.6 is 15.9 Å². The van der Waals surface area contributed by atoms with E-state index in [0.29, 0.717) is 24.8 Å². The number of hydrogen-bond acceptors (Lipinski definition) is 5. The number of urea groups is 1. The molecule has 1 saturated heterocycles. The minimum absolute atomic E-state index is 0.0326. The Kier molecular flexibility index (Phi) is 3.96. The molecule has 3 rings (SSSR count). The first-order chi connectivity index (χ1) is 10.2. The van der Waals surface area contributed by atoms with Crippen LogP contribution in [0.5, 0.6) is 5.88 Å². The summed E-state index contributed by atoms with van der Waals surface area (Å²) in [6.07, 6.45) is 4.60. The van der Waals surface area contributed by atoms with Gasteiger partial charge in [0.25, 0.3) is 0 Å². The van der Waals surface area contributed by atoms with Crippen molar-refractivity contribution < 1.29 is 9.53 Å². The van der Waals surface area contributed by atoms with E-state index in [9.17, 15) is 4.79 Å². The van der Waals surface area contributed by atoms with Crippen LogP contribution in [0.2, 0.25) is 0 Å². The number of aromatic nitrogens is 3. The summed E-state index contributed by atoms with van der Waals surface area (Å²) in [7, 11) is 0. The van der Waals surface area contributed by atoms with Gasteiger partial charge in [0.2, 0.25) is 5.88 Å². The molecule has 2 aromatic rings. The SMILES string of the molecule is O=C(Nc1ccncn1)N1CC(Oc2ccc(Br)cn2)C1. The quantitative estimate of drug-likeness (QED) is 0.915. The Hall–Kier alpha value is -2.22. The molecule has 0 saturated carbocycles. The Labute approximate surface area is 129 Å². The van der Waals surface area contributed by atoms with Gasteiger partial charge in [0.05, 0.1) is 13.1 Å². The maximum atomic E-state index is 11.9. The van der Waals surface area contributed by atoms with Crippen LogP contribution in [0.4, 0.5) is 10.6 Å². The summed E-state index contributed by atoms with van der Waals surface area (Å²) in [4.78, 5) is 25.4. The zero-order valence-corrected chi connectivity index (χ0v) is 12.5. The van der Waals surface area contributed by atoms with Crippen LogP contribution < -0.4 is 10.1 Å². The number of carbonyl (C=O) groups excluding carboxylic acids is 1. The van der Waals surface area contributed by atoms with Gasteiger partial charge in [0.1, 0.15) is 18.2 Å². The first-order valence-corrected chi connectivity index (χ1v) is 7.10. The molecule has 8 heteroatoms. The van der Waals surface area contributed by atoms with Crippen molar-refractivity contribution in [1.82, 2.24) is 19.9 Å². The van der Waals surface area contributed by atoms with Crippen LogP contribution in [-0.2, 0) is 0 Å². The maximum Gasteiger partial charge on any atom is 0.323 e. The Morgan fingerprint density at radius 3 is 2.86 bits per heavy atom. The highest BCUT2D eigenvalue weighted by atomic mass is 79.9. The minimum atomic E-state index is -0.197. The summed E-state index contributed by atoms with van der Waals surface area (Å²) in [5, 5.41) is 2.69. The molecule has 2 amide bonds. The van der Waals surface area contributed by atoms with Crippen molar-refractivity contribution in [2.75, 3.05) is 18.4 Å². The van der Waals surface area contributed by atoms with E-state index in [1.54, 1.807) is 29.4 Å². The highest BCUT2D eigenvalue weighted by Crippen LogP contribution is 2.18. The fourth-order valence-electron chi connectivity index (χ4n) is 1.83. The van der Waals surface area contributed by atoms with Crippen molar-refractivity contribution >= 4 is 27.8 Å². The van der Waals surface area contributed by atoms with E-state index in [0.717, 1.165) is 4.47 Å². The highest BCUT2D eigenvalue weighted by molar-refractivity contribution is 9.10. The number of nitrogens with zero attached hydrogens (tertiary/aromatic N) is 4. The fourth-order valence-corrected chi connectivity index (χ4v) is 2.07. The number of nitrogens with one attached hydrogen (secondary N) is 1. The zero-order valence-electron chi connectivity index (χ0n) is 10.9. The molecule has 0 aliphatic carbocycles. The number of amides is 2. The van der Waals surface area contributed by atoms with Crippen LogP contribution in [0, 0.1) is 0 Å². The van der Waals surface area contributed by atoms with E-state index in [1.807, 2.05) is 6.07 Å². The molecule has 0 aromatic carbocycles. The molecule has 1 N–H and O–H groups in total. The molecule has 7 nitrogen and oxygen atoms in total. The number of rotatable bonds is 3. The Morgan fingerprint density at radius 2 is 2.19 bits per heavy atom. The van der Waals surface area contributed by atoms with Gasteiger partial charge in [-0.15, -0.1) is 0 Å². The minimum Gasteiger partial charge on any atom is -0.471 e. The van der Waals surface area contributed by atoms with E-state index < -0.39 is 0 Å². The molecule has 1 aliphatic heterocycles. The largest absolute Gasteiger partial charge is 0.471 e. The van der Waals surface area contributed by atoms with Crippen molar-refractivity contribution in [3.63, 3.8) is 0 Å². The number of pyridine rings is 1. The third-order valence-electron chi connectivity index (χ3n) is 2.94. The van der Waals surface area contributed by atoms with Gasteiger partial charge >= 0.3 is 6.03 Å². The lowest BCUT2D eigenvalue weighted by atomic mass is 10.2. The molecule has 3 heterocycles. The van der Waals surface area contributed by atoms with Crippen molar-refractivity contribution in [3.8, 4) is 5.88 Å². The van der Waals surface area contributed by atoms with E-state index >= 15 is 0 Å². The van der Waals surface area contributed by atoms with Crippen LogP contribution in [0.15, 0.2) is 41.4 Å². The van der Waals surface area contributed by atoms with Crippen molar-refractivity contribution in [3.05, 3.63) is 41.4 Å². The summed E-state index contributed by atoms with van der Waals surface area (Å²) < 4.78 is 6.55. The molecule has 2 aromatic heterocycles. The zero-order chi connectivity index (χ0) is 14.7. The summed E-state index contributed by atoms with van der Waals surface area (Å²) in [5.74, 6) is 1.04. The van der Waals surface area contributed by atoms with Gasteiger partial charge in [-0.1, -0.05) is 0 Å². The second-order valence-electron chi connectivity index (χ2n) is 4.48. The Balaban J connectivity index is 1.47. The predicted octanol–water partition coefficient (Wildman–Crippen LogP) is 1.93. The van der Waals surface area contributed by atoms with Gasteiger partial charge in [0, 0.05) is 22.9 Å². The van der Waals surface area contributed by atoms with Crippen molar-refractivity contribution in [2.24, 2.45) is 0 Å². The second-order valence-corrected chi connectivity index (χ2v) is 5.40. The lowest BCUT2D eigenvalue weighted by Gasteiger charge is -2.38. The van der Waals surface area contributed by atoms with Gasteiger partial charge < -0.3 is 9.64 Å². The van der Waals surface area contributed by atoms with Crippen LogP contribution in [0.1, 0.15) is 0 Å². The molecule has 0 spiro atoms. The number of likely N-dealkylation sites (tertiary alicyclic amines) is 1. The van der Waals surface area contributed by atoms with Crippen molar-refractivity contribution in [1.29, 1.82) is 0 Å². The van der Waals surface area contributed by atoms with E-state index in [4.69, 9.17) is 4.74 Å². The highest BCUT2D eigenvalue weighted by Gasteiger charge is 2.32. The average molecular weight is 350 g/mol. The fraction of sp³-hybridized carbons (Fsp3) is 0.231. The lowest BCUT2D eigenvalue weighted by molar-refractivity contribution is 0.0460. The van der Waals surface area contributed by atoms with Crippen LogP contribution in [0.25, 0.3) is 0 Å². The van der Waals surface area contributed by atoms with Crippen LogP contribution in [0.3, 0.4) is 0 Å². The van der Waals surface area contributed by atoms with Gasteiger partial charge in [-0.2, -0.15) is 0 Å². The van der Waals surface area contributed by atoms with Crippen LogP contribution in [-0.4, -0.2) is 45.1 Å². The molecule has 1 fully saturated rings. The van der Waals surface area contributed by atoms with Gasteiger partial charge in [0.15, 0.2) is 0 Å². The number of halogens is 1. The van der Waals surface area contributed by atoms with Gasteiger partial charge in [-0.25, -0.2) is 19.7 Å². The topological polar surface area (TPSA) is 80.2 Å². The predicted molar refractivity (Wildman–Crippen MR) is 79.0 cm³/mol. The second kappa shape index (κ2) is 6.04. The summed E-state index contributed by atoms with van der Waals surface area (Å²) >= 11 is 3.31. The molecule has 0 atom stereocenters. The number of hydrogen-bond donors (Lipinski definition) is 1. The molecule has 0 bridgehead atoms. The lowest BCUT2D eigenvalue weighted by Crippen LogP contribution is -2.57. The first-order valence-electron chi connectivity index (χ1n) is 6.31. The van der Waals surface area contributed by atoms with Gasteiger partial charge in [-0.3, -0.25) is 5.32 Å². The molecular formula is C13H12BrN5O2. The molecule has 0 unspecified atom stereocenters. The Morgan fingerprint density at radius 1 is 1.33 bits per heavy atom. The van der Waals surface area contributed by atoms with E-state index in [-0.39, 0.29) is 12.1 Å². The molecule has 21 heavy (non-hydrogen) atoms.